The molecule has 0 fully saturated rings. The summed E-state index contributed by atoms with van der Waals surface area (Å²) in [5, 5.41) is 0. The molecule has 21 heavy (non-hydrogen) atoms. The summed E-state index contributed by atoms with van der Waals surface area (Å²) in [7, 11) is 3.57. The quantitative estimate of drug-likeness (QED) is 0.862. The first-order chi connectivity index (χ1) is 10.0. The summed E-state index contributed by atoms with van der Waals surface area (Å²) >= 11 is 5.00. The number of nitrogens with two attached hydrogens (primary N) is 1. The lowest BCUT2D eigenvalue weighted by Crippen LogP contribution is -2.21. The van der Waals surface area contributed by atoms with Crippen molar-refractivity contribution in [1.82, 2.24) is 0 Å². The van der Waals surface area contributed by atoms with Gasteiger partial charge in [0.05, 0.1) is 12.8 Å². The van der Waals surface area contributed by atoms with Gasteiger partial charge in [-0.15, -0.1) is 0 Å². The molecule has 0 aliphatic heterocycles. The third-order valence-electron chi connectivity index (χ3n) is 3.24. The zero-order valence-electron chi connectivity index (χ0n) is 12.0. The van der Waals surface area contributed by atoms with Gasteiger partial charge < -0.3 is 15.4 Å². The van der Waals surface area contributed by atoms with Crippen LogP contribution in [0.4, 0.5) is 10.1 Å². The lowest BCUT2D eigenvalue weighted by Gasteiger charge is -2.23. The fraction of sp³-hybridized carbons (Fsp3) is 0.188. The maximum atomic E-state index is 13.3. The van der Waals surface area contributed by atoms with Gasteiger partial charge in [-0.05, 0) is 29.8 Å². The third kappa shape index (κ3) is 3.49. The number of hydrogen-bond donors (Lipinski definition) is 1. The fourth-order valence-corrected chi connectivity index (χ4v) is 2.39. The fourth-order valence-electron chi connectivity index (χ4n) is 2.20. The van der Waals surface area contributed by atoms with Crippen molar-refractivity contribution >= 4 is 22.9 Å². The van der Waals surface area contributed by atoms with E-state index in [1.807, 2.05) is 36.2 Å². The first-order valence-corrected chi connectivity index (χ1v) is 6.86. The van der Waals surface area contributed by atoms with E-state index in [9.17, 15) is 4.39 Å². The van der Waals surface area contributed by atoms with E-state index in [4.69, 9.17) is 22.7 Å². The molecule has 0 aliphatic carbocycles. The predicted octanol–water partition coefficient (Wildman–Crippen LogP) is 3.10. The zero-order chi connectivity index (χ0) is 15.4. The van der Waals surface area contributed by atoms with Crippen LogP contribution < -0.4 is 15.4 Å². The second kappa shape index (κ2) is 6.54. The van der Waals surface area contributed by atoms with E-state index >= 15 is 0 Å². The van der Waals surface area contributed by atoms with Crippen LogP contribution in [0.2, 0.25) is 0 Å². The number of anilines is 1. The summed E-state index contributed by atoms with van der Waals surface area (Å²) in [6.07, 6.45) is 0. The molecule has 2 aromatic carbocycles. The van der Waals surface area contributed by atoms with Gasteiger partial charge in [-0.3, -0.25) is 0 Å². The minimum atomic E-state index is -0.346. The molecule has 2 N–H and O–H groups in total. The number of thiocarbonyl (C=S) groups is 1. The molecule has 0 radical (unpaired) electrons. The van der Waals surface area contributed by atoms with Gasteiger partial charge in [0.15, 0.2) is 0 Å². The summed E-state index contributed by atoms with van der Waals surface area (Å²) in [6.45, 7) is 0.549. The number of nitrogens with zero attached hydrogens (tertiary/aromatic N) is 1. The van der Waals surface area contributed by atoms with Crippen molar-refractivity contribution in [2.45, 2.75) is 6.54 Å². The van der Waals surface area contributed by atoms with E-state index in [1.54, 1.807) is 13.2 Å². The minimum Gasteiger partial charge on any atom is -0.495 e. The molecule has 0 unspecified atom stereocenters. The van der Waals surface area contributed by atoms with Gasteiger partial charge >= 0.3 is 0 Å². The van der Waals surface area contributed by atoms with Gasteiger partial charge in [0.25, 0.3) is 0 Å². The molecule has 2 aromatic rings. The van der Waals surface area contributed by atoms with E-state index in [1.165, 1.54) is 12.1 Å². The Balaban J connectivity index is 2.31. The lowest BCUT2D eigenvalue weighted by molar-refractivity contribution is 0.415. The van der Waals surface area contributed by atoms with E-state index in [0.717, 1.165) is 17.0 Å². The Morgan fingerprint density at radius 1 is 1.29 bits per heavy atom. The van der Waals surface area contributed by atoms with Crippen molar-refractivity contribution in [3.05, 3.63) is 59.4 Å². The molecule has 0 spiro atoms. The summed E-state index contributed by atoms with van der Waals surface area (Å²) in [5.74, 6) is 0.431. The van der Waals surface area contributed by atoms with Crippen LogP contribution in [-0.2, 0) is 6.54 Å². The second-order valence-corrected chi connectivity index (χ2v) is 5.13. The molecule has 0 bridgehead atoms. The van der Waals surface area contributed by atoms with Crippen LogP contribution in [0.3, 0.4) is 0 Å². The monoisotopic (exact) mass is 304 g/mol. The van der Waals surface area contributed by atoms with Crippen molar-refractivity contribution in [2.75, 3.05) is 19.1 Å². The molecule has 0 amide bonds. The Labute approximate surface area is 129 Å². The standard InChI is InChI=1S/C16H17FN2OS/c1-19(14-5-3-4-6-15(14)20-2)10-11-7-8-12(17)9-13(11)16(18)21/h3-9H,10H2,1-2H3,(H2,18,21). The number of hydrogen-bond acceptors (Lipinski definition) is 3. The average Bonchev–Trinajstić information content (AvgIpc) is 2.48. The highest BCUT2D eigenvalue weighted by Crippen LogP contribution is 2.28. The van der Waals surface area contributed by atoms with Crippen LogP contribution >= 0.6 is 12.2 Å². The number of ether oxygens (including phenoxy) is 1. The van der Waals surface area contributed by atoms with Gasteiger partial charge in [-0.25, -0.2) is 4.39 Å². The molecule has 0 saturated heterocycles. The van der Waals surface area contributed by atoms with Crippen molar-refractivity contribution in [3.63, 3.8) is 0 Å². The van der Waals surface area contributed by atoms with E-state index in [0.29, 0.717) is 12.1 Å². The Morgan fingerprint density at radius 3 is 2.67 bits per heavy atom. The first kappa shape index (κ1) is 15.3. The normalized spacial score (nSPS) is 10.2. The Hall–Kier alpha value is -2.14. The third-order valence-corrected chi connectivity index (χ3v) is 3.46. The van der Waals surface area contributed by atoms with Crippen LogP contribution in [0.5, 0.6) is 5.75 Å². The highest BCUT2D eigenvalue weighted by Gasteiger charge is 2.12. The SMILES string of the molecule is COc1ccccc1N(C)Cc1ccc(F)cc1C(N)=S. The Kier molecular flexibility index (Phi) is 4.75. The van der Waals surface area contributed by atoms with Gasteiger partial charge in [0, 0.05) is 19.2 Å². The second-order valence-electron chi connectivity index (χ2n) is 4.69. The number of benzene rings is 2. The van der Waals surface area contributed by atoms with Crippen molar-refractivity contribution in [1.29, 1.82) is 0 Å². The van der Waals surface area contributed by atoms with Crippen molar-refractivity contribution < 1.29 is 9.13 Å². The summed E-state index contributed by atoms with van der Waals surface area (Å²) in [4.78, 5) is 2.20. The van der Waals surface area contributed by atoms with Crippen LogP contribution in [-0.4, -0.2) is 19.1 Å². The predicted molar refractivity (Wildman–Crippen MR) is 87.4 cm³/mol. The van der Waals surface area contributed by atoms with Crippen LogP contribution in [0, 0.1) is 5.82 Å². The zero-order valence-corrected chi connectivity index (χ0v) is 12.8. The minimum absolute atomic E-state index is 0.193. The summed E-state index contributed by atoms with van der Waals surface area (Å²) in [5.41, 5.74) is 8.05. The maximum Gasteiger partial charge on any atom is 0.142 e. The molecule has 0 aromatic heterocycles. The molecule has 0 atom stereocenters. The average molecular weight is 304 g/mol. The van der Waals surface area contributed by atoms with Crippen molar-refractivity contribution in [2.24, 2.45) is 5.73 Å². The number of rotatable bonds is 5. The smallest absolute Gasteiger partial charge is 0.142 e. The van der Waals surface area contributed by atoms with Crippen LogP contribution in [0.1, 0.15) is 11.1 Å². The number of halogens is 1. The molecular weight excluding hydrogens is 287 g/mol. The highest BCUT2D eigenvalue weighted by atomic mass is 32.1. The maximum absolute atomic E-state index is 13.3. The highest BCUT2D eigenvalue weighted by molar-refractivity contribution is 7.80. The molecule has 0 saturated carbocycles. The molecule has 5 heteroatoms. The Morgan fingerprint density at radius 2 is 2.00 bits per heavy atom. The van der Waals surface area contributed by atoms with E-state index in [2.05, 4.69) is 0 Å². The van der Waals surface area contributed by atoms with Crippen molar-refractivity contribution in [3.8, 4) is 5.75 Å². The van der Waals surface area contributed by atoms with Crippen LogP contribution in [0.15, 0.2) is 42.5 Å². The molecule has 110 valence electrons. The number of methoxy groups -OCH3 is 1. The van der Waals surface area contributed by atoms with Gasteiger partial charge in [-0.1, -0.05) is 30.4 Å². The number of para-hydroxylation sites is 2. The summed E-state index contributed by atoms with van der Waals surface area (Å²) in [6, 6.07) is 12.2. The lowest BCUT2D eigenvalue weighted by atomic mass is 10.1. The molecular formula is C16H17FN2OS. The molecule has 3 nitrogen and oxygen atoms in total. The molecule has 0 aliphatic rings. The van der Waals surface area contributed by atoms with Crippen LogP contribution in [0.25, 0.3) is 0 Å². The van der Waals surface area contributed by atoms with E-state index < -0.39 is 0 Å². The Bertz CT molecular complexity index is 660. The molecule has 0 heterocycles. The van der Waals surface area contributed by atoms with Gasteiger partial charge in [0.2, 0.25) is 0 Å². The first-order valence-electron chi connectivity index (χ1n) is 6.45. The molecule has 2 rings (SSSR count). The topological polar surface area (TPSA) is 38.5 Å². The van der Waals surface area contributed by atoms with E-state index in [-0.39, 0.29) is 10.8 Å². The largest absolute Gasteiger partial charge is 0.495 e. The van der Waals surface area contributed by atoms with Gasteiger partial charge in [-0.2, -0.15) is 0 Å². The summed E-state index contributed by atoms with van der Waals surface area (Å²) < 4.78 is 18.7. The van der Waals surface area contributed by atoms with Gasteiger partial charge in [0.1, 0.15) is 16.6 Å².